The normalized spacial score (nSPS) is 10.6. The maximum atomic E-state index is 12.0. The summed E-state index contributed by atoms with van der Waals surface area (Å²) < 4.78 is 0. The monoisotopic (exact) mass is 260 g/mol. The molecule has 0 aliphatic carbocycles. The molecular formula is C18H28O. The van der Waals surface area contributed by atoms with Crippen LogP contribution in [-0.2, 0) is 0 Å². The van der Waals surface area contributed by atoms with Crippen LogP contribution < -0.4 is 0 Å². The van der Waals surface area contributed by atoms with Crippen LogP contribution in [0, 0.1) is 6.92 Å². The Morgan fingerprint density at radius 1 is 0.895 bits per heavy atom. The summed E-state index contributed by atoms with van der Waals surface area (Å²) in [5.41, 5.74) is 2.01. The summed E-state index contributed by atoms with van der Waals surface area (Å²) >= 11 is 0. The van der Waals surface area contributed by atoms with Crippen molar-refractivity contribution in [3.63, 3.8) is 0 Å². The molecule has 0 radical (unpaired) electrons. The SMILES string of the molecule is CCCCCCCCCCC(=O)c1ccccc1C. The van der Waals surface area contributed by atoms with Gasteiger partial charge in [-0.15, -0.1) is 0 Å². The van der Waals surface area contributed by atoms with Gasteiger partial charge in [0.25, 0.3) is 0 Å². The smallest absolute Gasteiger partial charge is 0.163 e. The van der Waals surface area contributed by atoms with Crippen LogP contribution >= 0.6 is 0 Å². The molecule has 1 nitrogen and oxygen atoms in total. The molecule has 0 atom stereocenters. The van der Waals surface area contributed by atoms with Gasteiger partial charge in [0.2, 0.25) is 0 Å². The first kappa shape index (κ1) is 15.9. The molecule has 0 aliphatic heterocycles. The lowest BCUT2D eigenvalue weighted by Gasteiger charge is -2.04. The van der Waals surface area contributed by atoms with Crippen LogP contribution in [0.1, 0.15) is 80.6 Å². The summed E-state index contributed by atoms with van der Waals surface area (Å²) in [6.45, 7) is 4.26. The van der Waals surface area contributed by atoms with Gasteiger partial charge in [0.15, 0.2) is 5.78 Å². The van der Waals surface area contributed by atoms with E-state index in [1.165, 1.54) is 44.9 Å². The van der Waals surface area contributed by atoms with Crippen LogP contribution in [0.5, 0.6) is 0 Å². The number of unbranched alkanes of at least 4 members (excludes halogenated alkanes) is 7. The fourth-order valence-corrected chi connectivity index (χ4v) is 2.44. The van der Waals surface area contributed by atoms with Crippen LogP contribution in [0.2, 0.25) is 0 Å². The van der Waals surface area contributed by atoms with Crippen molar-refractivity contribution in [1.82, 2.24) is 0 Å². The first-order valence-corrected chi connectivity index (χ1v) is 7.84. The van der Waals surface area contributed by atoms with E-state index < -0.39 is 0 Å². The molecule has 1 heteroatoms. The number of rotatable bonds is 10. The number of aryl methyl sites for hydroxylation is 1. The van der Waals surface area contributed by atoms with Gasteiger partial charge in [0, 0.05) is 12.0 Å². The minimum atomic E-state index is 0.309. The van der Waals surface area contributed by atoms with Gasteiger partial charge in [-0.05, 0) is 18.9 Å². The number of hydrogen-bond acceptors (Lipinski definition) is 1. The van der Waals surface area contributed by atoms with E-state index in [1.54, 1.807) is 0 Å². The second-order valence-corrected chi connectivity index (χ2v) is 5.46. The van der Waals surface area contributed by atoms with E-state index in [9.17, 15) is 4.79 Å². The van der Waals surface area contributed by atoms with Gasteiger partial charge in [-0.25, -0.2) is 0 Å². The Morgan fingerprint density at radius 3 is 2.11 bits per heavy atom. The molecule has 0 saturated carbocycles. The molecule has 0 spiro atoms. The molecule has 106 valence electrons. The molecule has 1 aromatic rings. The lowest BCUT2D eigenvalue weighted by molar-refractivity contribution is 0.0978. The minimum Gasteiger partial charge on any atom is -0.294 e. The fraction of sp³-hybridized carbons (Fsp3) is 0.611. The second-order valence-electron chi connectivity index (χ2n) is 5.46. The van der Waals surface area contributed by atoms with E-state index in [0.29, 0.717) is 12.2 Å². The Bertz CT molecular complexity index is 368. The maximum absolute atomic E-state index is 12.0. The van der Waals surface area contributed by atoms with E-state index in [1.807, 2.05) is 31.2 Å². The van der Waals surface area contributed by atoms with Crippen molar-refractivity contribution in [3.8, 4) is 0 Å². The Balaban J connectivity index is 2.10. The number of benzene rings is 1. The van der Waals surface area contributed by atoms with E-state index in [4.69, 9.17) is 0 Å². The number of Topliss-reactive ketones (excluding diaryl/α,β-unsaturated/α-hetero) is 1. The summed E-state index contributed by atoms with van der Waals surface area (Å²) in [6.07, 6.45) is 11.0. The minimum absolute atomic E-state index is 0.309. The van der Waals surface area contributed by atoms with Gasteiger partial charge >= 0.3 is 0 Å². The first-order chi connectivity index (χ1) is 9.25. The van der Waals surface area contributed by atoms with Crippen molar-refractivity contribution in [1.29, 1.82) is 0 Å². The Kier molecular flexibility index (Phi) is 8.20. The van der Waals surface area contributed by atoms with Crippen LogP contribution in [0.3, 0.4) is 0 Å². The van der Waals surface area contributed by atoms with Crippen LogP contribution in [0.4, 0.5) is 0 Å². The van der Waals surface area contributed by atoms with E-state index in [0.717, 1.165) is 17.5 Å². The maximum Gasteiger partial charge on any atom is 0.163 e. The molecule has 0 N–H and O–H groups in total. The Morgan fingerprint density at radius 2 is 1.47 bits per heavy atom. The topological polar surface area (TPSA) is 17.1 Å². The highest BCUT2D eigenvalue weighted by atomic mass is 16.1. The Labute approximate surface area is 118 Å². The number of hydrogen-bond donors (Lipinski definition) is 0. The molecule has 0 amide bonds. The Hall–Kier alpha value is -1.11. The summed E-state index contributed by atoms with van der Waals surface area (Å²) in [7, 11) is 0. The van der Waals surface area contributed by atoms with Gasteiger partial charge in [-0.1, -0.05) is 76.1 Å². The third-order valence-electron chi connectivity index (χ3n) is 3.70. The molecule has 0 aromatic heterocycles. The predicted molar refractivity (Wildman–Crippen MR) is 82.7 cm³/mol. The zero-order valence-corrected chi connectivity index (χ0v) is 12.6. The highest BCUT2D eigenvalue weighted by Crippen LogP contribution is 2.14. The average Bonchev–Trinajstić information content (AvgIpc) is 2.42. The van der Waals surface area contributed by atoms with Crippen molar-refractivity contribution in [2.45, 2.75) is 71.6 Å². The van der Waals surface area contributed by atoms with Gasteiger partial charge in [-0.3, -0.25) is 4.79 Å². The van der Waals surface area contributed by atoms with Crippen LogP contribution in [-0.4, -0.2) is 5.78 Å². The summed E-state index contributed by atoms with van der Waals surface area (Å²) in [5, 5.41) is 0. The molecule has 0 heterocycles. The van der Waals surface area contributed by atoms with Crippen molar-refractivity contribution >= 4 is 5.78 Å². The largest absolute Gasteiger partial charge is 0.294 e. The van der Waals surface area contributed by atoms with Crippen molar-refractivity contribution in [2.75, 3.05) is 0 Å². The summed E-state index contributed by atoms with van der Waals surface area (Å²) in [5.74, 6) is 0.309. The zero-order valence-electron chi connectivity index (χ0n) is 12.6. The highest BCUT2D eigenvalue weighted by Gasteiger charge is 2.07. The van der Waals surface area contributed by atoms with Crippen LogP contribution in [0.25, 0.3) is 0 Å². The van der Waals surface area contributed by atoms with E-state index in [2.05, 4.69) is 6.92 Å². The number of carbonyl (C=O) groups is 1. The molecule has 19 heavy (non-hydrogen) atoms. The van der Waals surface area contributed by atoms with E-state index >= 15 is 0 Å². The quantitative estimate of drug-likeness (QED) is 0.389. The number of ketones is 1. The summed E-state index contributed by atoms with van der Waals surface area (Å²) in [4.78, 5) is 12.0. The molecule has 1 rings (SSSR count). The third kappa shape index (κ3) is 6.56. The molecule has 0 aliphatic rings. The van der Waals surface area contributed by atoms with Gasteiger partial charge in [-0.2, -0.15) is 0 Å². The summed E-state index contributed by atoms with van der Waals surface area (Å²) in [6, 6.07) is 7.90. The lowest BCUT2D eigenvalue weighted by atomic mass is 10.00. The predicted octanol–water partition coefficient (Wildman–Crippen LogP) is 5.71. The lowest BCUT2D eigenvalue weighted by Crippen LogP contribution is -2.01. The molecular weight excluding hydrogens is 232 g/mol. The highest BCUT2D eigenvalue weighted by molar-refractivity contribution is 5.97. The van der Waals surface area contributed by atoms with E-state index in [-0.39, 0.29) is 0 Å². The fourth-order valence-electron chi connectivity index (χ4n) is 2.44. The van der Waals surface area contributed by atoms with Gasteiger partial charge in [0.05, 0.1) is 0 Å². The van der Waals surface area contributed by atoms with Crippen LogP contribution in [0.15, 0.2) is 24.3 Å². The van der Waals surface area contributed by atoms with Gasteiger partial charge < -0.3 is 0 Å². The first-order valence-electron chi connectivity index (χ1n) is 7.84. The van der Waals surface area contributed by atoms with Gasteiger partial charge in [0.1, 0.15) is 0 Å². The van der Waals surface area contributed by atoms with Crippen molar-refractivity contribution in [3.05, 3.63) is 35.4 Å². The third-order valence-corrected chi connectivity index (χ3v) is 3.70. The average molecular weight is 260 g/mol. The molecule has 0 bridgehead atoms. The number of carbonyl (C=O) groups excluding carboxylic acids is 1. The molecule has 1 aromatic carbocycles. The molecule has 0 fully saturated rings. The molecule has 0 saturated heterocycles. The second kappa shape index (κ2) is 9.77. The van der Waals surface area contributed by atoms with Crippen molar-refractivity contribution < 1.29 is 4.79 Å². The zero-order chi connectivity index (χ0) is 13.9. The standard InChI is InChI=1S/C18H28O/c1-3-4-5-6-7-8-9-10-15-18(19)17-14-12-11-13-16(17)2/h11-14H,3-10,15H2,1-2H3. The molecule has 0 unspecified atom stereocenters. The van der Waals surface area contributed by atoms with Crippen molar-refractivity contribution in [2.24, 2.45) is 0 Å².